The first kappa shape index (κ1) is 13.3. The van der Waals surface area contributed by atoms with Crippen LogP contribution in [-0.4, -0.2) is 4.98 Å². The van der Waals surface area contributed by atoms with Crippen molar-refractivity contribution >= 4 is 22.2 Å². The number of hydrogen-bond donors (Lipinski definition) is 1. The lowest BCUT2D eigenvalue weighted by Gasteiger charge is -2.03. The van der Waals surface area contributed by atoms with Crippen molar-refractivity contribution in [2.24, 2.45) is 0 Å². The maximum absolute atomic E-state index is 13.6. The van der Waals surface area contributed by atoms with E-state index in [1.807, 2.05) is 17.5 Å². The van der Waals surface area contributed by atoms with Crippen LogP contribution in [0, 0.1) is 17.1 Å². The number of anilines is 2. The van der Waals surface area contributed by atoms with Crippen molar-refractivity contribution < 1.29 is 4.39 Å². The molecule has 0 bridgehead atoms. The molecule has 2 aromatic carbocycles. The van der Waals surface area contributed by atoms with Gasteiger partial charge in [-0.15, -0.1) is 11.3 Å². The monoisotopic (exact) mass is 295 g/mol. The van der Waals surface area contributed by atoms with E-state index in [9.17, 15) is 4.39 Å². The minimum Gasteiger partial charge on any atom is -0.329 e. The molecule has 102 valence electrons. The average Bonchev–Trinajstić information content (AvgIpc) is 2.98. The molecule has 5 heteroatoms. The van der Waals surface area contributed by atoms with Crippen LogP contribution >= 0.6 is 11.3 Å². The van der Waals surface area contributed by atoms with Crippen LogP contribution < -0.4 is 5.32 Å². The summed E-state index contributed by atoms with van der Waals surface area (Å²) in [5.74, 6) is -0.312. The molecule has 21 heavy (non-hydrogen) atoms. The molecule has 0 saturated carbocycles. The van der Waals surface area contributed by atoms with E-state index in [1.165, 1.54) is 17.4 Å². The standard InChI is InChI=1S/C16H10FN3S/c17-13-3-1-2-4-14(13)19-16-20-15(10-21-16)12-7-5-11(9-18)6-8-12/h1-8,10H,(H,19,20). The lowest BCUT2D eigenvalue weighted by atomic mass is 10.1. The molecule has 0 fully saturated rings. The Morgan fingerprint density at radius 1 is 1.10 bits per heavy atom. The molecule has 1 aromatic heterocycles. The summed E-state index contributed by atoms with van der Waals surface area (Å²) in [6.45, 7) is 0. The minimum absolute atomic E-state index is 0.312. The van der Waals surface area contributed by atoms with Crippen LogP contribution in [0.4, 0.5) is 15.2 Å². The van der Waals surface area contributed by atoms with Gasteiger partial charge in [0.2, 0.25) is 0 Å². The number of aromatic nitrogens is 1. The number of hydrogen-bond acceptors (Lipinski definition) is 4. The van der Waals surface area contributed by atoms with Crippen LogP contribution in [-0.2, 0) is 0 Å². The Morgan fingerprint density at radius 3 is 2.57 bits per heavy atom. The Hall–Kier alpha value is -2.71. The van der Waals surface area contributed by atoms with Crippen LogP contribution in [0.25, 0.3) is 11.3 Å². The van der Waals surface area contributed by atoms with Crippen molar-refractivity contribution in [3.63, 3.8) is 0 Å². The number of nitrogens with one attached hydrogen (secondary N) is 1. The Balaban J connectivity index is 1.83. The van der Waals surface area contributed by atoms with E-state index in [4.69, 9.17) is 5.26 Å². The molecule has 0 atom stereocenters. The van der Waals surface area contributed by atoms with Crippen molar-refractivity contribution in [2.75, 3.05) is 5.32 Å². The number of thiazole rings is 1. The van der Waals surface area contributed by atoms with Crippen LogP contribution in [0.2, 0.25) is 0 Å². The van der Waals surface area contributed by atoms with Crippen molar-refractivity contribution in [1.29, 1.82) is 5.26 Å². The summed E-state index contributed by atoms with van der Waals surface area (Å²) in [5, 5.41) is 14.3. The second kappa shape index (κ2) is 5.73. The average molecular weight is 295 g/mol. The predicted octanol–water partition coefficient (Wildman–Crippen LogP) is 4.56. The molecule has 0 radical (unpaired) electrons. The van der Waals surface area contributed by atoms with Gasteiger partial charge < -0.3 is 5.32 Å². The molecule has 0 aliphatic rings. The Labute approximate surface area is 125 Å². The second-order valence-corrected chi connectivity index (χ2v) is 5.19. The quantitative estimate of drug-likeness (QED) is 0.770. The molecule has 3 aromatic rings. The molecular weight excluding hydrogens is 285 g/mol. The van der Waals surface area contributed by atoms with E-state index >= 15 is 0 Å². The van der Waals surface area contributed by atoms with E-state index in [0.717, 1.165) is 11.3 Å². The smallest absolute Gasteiger partial charge is 0.187 e. The second-order valence-electron chi connectivity index (χ2n) is 4.33. The number of nitrogens with zero attached hydrogens (tertiary/aromatic N) is 2. The molecule has 0 aliphatic heterocycles. The van der Waals surface area contributed by atoms with Crippen molar-refractivity contribution in [3.8, 4) is 17.3 Å². The van der Waals surface area contributed by atoms with Gasteiger partial charge in [-0.2, -0.15) is 5.26 Å². The maximum Gasteiger partial charge on any atom is 0.187 e. The fraction of sp³-hybridized carbons (Fsp3) is 0. The first-order valence-corrected chi connectivity index (χ1v) is 7.12. The largest absolute Gasteiger partial charge is 0.329 e. The topological polar surface area (TPSA) is 48.7 Å². The highest BCUT2D eigenvalue weighted by Crippen LogP contribution is 2.28. The van der Waals surface area contributed by atoms with E-state index < -0.39 is 0 Å². The highest BCUT2D eigenvalue weighted by molar-refractivity contribution is 7.14. The number of para-hydroxylation sites is 1. The van der Waals surface area contributed by atoms with Gasteiger partial charge in [-0.3, -0.25) is 0 Å². The van der Waals surface area contributed by atoms with Gasteiger partial charge >= 0.3 is 0 Å². The highest BCUT2D eigenvalue weighted by Gasteiger charge is 2.07. The van der Waals surface area contributed by atoms with Gasteiger partial charge in [0.05, 0.1) is 23.0 Å². The van der Waals surface area contributed by atoms with Gasteiger partial charge in [0, 0.05) is 10.9 Å². The molecule has 1 heterocycles. The summed E-state index contributed by atoms with van der Waals surface area (Å²) in [7, 11) is 0. The zero-order valence-corrected chi connectivity index (χ0v) is 11.7. The Bertz CT molecular complexity index is 803. The molecule has 0 spiro atoms. The lowest BCUT2D eigenvalue weighted by Crippen LogP contribution is -1.92. The first-order chi connectivity index (χ1) is 10.3. The predicted molar refractivity (Wildman–Crippen MR) is 81.9 cm³/mol. The molecule has 3 nitrogen and oxygen atoms in total. The van der Waals surface area contributed by atoms with Crippen molar-refractivity contribution in [3.05, 3.63) is 65.3 Å². The van der Waals surface area contributed by atoms with Gasteiger partial charge in [0.25, 0.3) is 0 Å². The number of rotatable bonds is 3. The normalized spacial score (nSPS) is 10.1. The van der Waals surface area contributed by atoms with Gasteiger partial charge in [0.15, 0.2) is 5.13 Å². The van der Waals surface area contributed by atoms with Crippen LogP contribution in [0.3, 0.4) is 0 Å². The lowest BCUT2D eigenvalue weighted by molar-refractivity contribution is 0.632. The summed E-state index contributed by atoms with van der Waals surface area (Å²) in [6, 6.07) is 15.7. The summed E-state index contributed by atoms with van der Waals surface area (Å²) < 4.78 is 13.6. The molecule has 0 saturated heterocycles. The van der Waals surface area contributed by atoms with Gasteiger partial charge in [0.1, 0.15) is 5.82 Å². The zero-order valence-electron chi connectivity index (χ0n) is 10.9. The summed E-state index contributed by atoms with van der Waals surface area (Å²) >= 11 is 1.40. The zero-order chi connectivity index (χ0) is 14.7. The molecule has 1 N–H and O–H groups in total. The highest BCUT2D eigenvalue weighted by atomic mass is 32.1. The van der Waals surface area contributed by atoms with E-state index in [-0.39, 0.29) is 5.82 Å². The molecule has 0 unspecified atom stereocenters. The van der Waals surface area contributed by atoms with Gasteiger partial charge in [-0.25, -0.2) is 9.37 Å². The Kier molecular flexibility index (Phi) is 3.63. The number of halogens is 1. The van der Waals surface area contributed by atoms with Gasteiger partial charge in [-0.1, -0.05) is 24.3 Å². The summed E-state index contributed by atoms with van der Waals surface area (Å²) in [4.78, 5) is 4.43. The Morgan fingerprint density at radius 2 is 1.86 bits per heavy atom. The summed E-state index contributed by atoms with van der Waals surface area (Å²) in [5.41, 5.74) is 2.73. The molecule has 3 rings (SSSR count). The molecule has 0 aliphatic carbocycles. The van der Waals surface area contributed by atoms with Crippen molar-refractivity contribution in [1.82, 2.24) is 4.98 Å². The van der Waals surface area contributed by atoms with Crippen LogP contribution in [0.15, 0.2) is 53.9 Å². The van der Waals surface area contributed by atoms with E-state index in [1.54, 1.807) is 30.3 Å². The van der Waals surface area contributed by atoms with Gasteiger partial charge in [-0.05, 0) is 24.3 Å². The number of benzene rings is 2. The van der Waals surface area contributed by atoms with Crippen molar-refractivity contribution in [2.45, 2.75) is 0 Å². The first-order valence-electron chi connectivity index (χ1n) is 6.24. The van der Waals surface area contributed by atoms with Crippen LogP contribution in [0.1, 0.15) is 5.56 Å². The summed E-state index contributed by atoms with van der Waals surface area (Å²) in [6.07, 6.45) is 0. The van der Waals surface area contributed by atoms with E-state index in [0.29, 0.717) is 16.4 Å². The van der Waals surface area contributed by atoms with E-state index in [2.05, 4.69) is 16.4 Å². The fourth-order valence-corrected chi connectivity index (χ4v) is 2.59. The fourth-order valence-electron chi connectivity index (χ4n) is 1.86. The number of nitriles is 1. The third kappa shape index (κ3) is 2.91. The third-order valence-corrected chi connectivity index (χ3v) is 3.69. The maximum atomic E-state index is 13.6. The SMILES string of the molecule is N#Cc1ccc(-c2csc(Nc3ccccc3F)n2)cc1. The minimum atomic E-state index is -0.312. The van der Waals surface area contributed by atoms with Crippen LogP contribution in [0.5, 0.6) is 0 Å². The molecular formula is C16H10FN3S. The third-order valence-electron chi connectivity index (χ3n) is 2.93. The molecule has 0 amide bonds.